The molecule has 0 saturated heterocycles. The summed E-state index contributed by atoms with van der Waals surface area (Å²) in [6, 6.07) is 14.5. The van der Waals surface area contributed by atoms with Crippen molar-refractivity contribution in [1.82, 2.24) is 0 Å². The fraction of sp³-hybridized carbons (Fsp3) is 0.250. The number of fused-ring (bicyclic) bond motifs is 2. The van der Waals surface area contributed by atoms with Crippen molar-refractivity contribution >= 4 is 17.1 Å². The molecule has 0 unspecified atom stereocenters. The maximum absolute atomic E-state index is 5.68. The maximum Gasteiger partial charge on any atom is 0.163 e. The summed E-state index contributed by atoms with van der Waals surface area (Å²) in [6.45, 7) is 3.12. The average molecular weight is 268 g/mol. The van der Waals surface area contributed by atoms with Crippen LogP contribution >= 0.6 is 0 Å². The summed E-state index contributed by atoms with van der Waals surface area (Å²) in [5.41, 5.74) is 3.52. The summed E-state index contributed by atoms with van der Waals surface area (Å²) in [5, 5.41) is 3.43. The number of para-hydroxylation sites is 2. The van der Waals surface area contributed by atoms with Gasteiger partial charge >= 0.3 is 0 Å². The van der Waals surface area contributed by atoms with E-state index in [2.05, 4.69) is 46.6 Å². The first kappa shape index (κ1) is 11.5. The van der Waals surface area contributed by atoms with Gasteiger partial charge < -0.3 is 19.7 Å². The molecule has 0 fully saturated rings. The number of rotatable bonds is 1. The SMILES string of the molecule is c1ccc2c(c1)NCCN2c1ccc2c(c1)OCCO2. The van der Waals surface area contributed by atoms with E-state index in [0.717, 1.165) is 30.3 Å². The molecule has 102 valence electrons. The average Bonchev–Trinajstić information content (AvgIpc) is 2.54. The predicted octanol–water partition coefficient (Wildman–Crippen LogP) is 3.02. The van der Waals surface area contributed by atoms with Gasteiger partial charge in [-0.15, -0.1) is 0 Å². The molecule has 0 bridgehead atoms. The second-order valence-electron chi connectivity index (χ2n) is 4.92. The zero-order valence-electron chi connectivity index (χ0n) is 11.1. The molecule has 1 N–H and O–H groups in total. The van der Waals surface area contributed by atoms with Crippen molar-refractivity contribution in [2.45, 2.75) is 0 Å². The van der Waals surface area contributed by atoms with Crippen LogP contribution in [0.25, 0.3) is 0 Å². The summed E-state index contributed by atoms with van der Waals surface area (Å²) in [5.74, 6) is 1.67. The van der Waals surface area contributed by atoms with Crippen LogP contribution < -0.4 is 19.7 Å². The third kappa shape index (κ3) is 1.84. The van der Waals surface area contributed by atoms with Crippen molar-refractivity contribution in [3.63, 3.8) is 0 Å². The largest absolute Gasteiger partial charge is 0.486 e. The molecule has 2 aromatic carbocycles. The minimum atomic E-state index is 0.620. The molecule has 0 aliphatic carbocycles. The molecule has 0 atom stereocenters. The normalized spacial score (nSPS) is 16.3. The van der Waals surface area contributed by atoms with Crippen molar-refractivity contribution in [3.05, 3.63) is 42.5 Å². The molecule has 4 nitrogen and oxygen atoms in total. The molecule has 2 aliphatic rings. The molecule has 2 aliphatic heterocycles. The van der Waals surface area contributed by atoms with Gasteiger partial charge in [-0.1, -0.05) is 12.1 Å². The van der Waals surface area contributed by atoms with Gasteiger partial charge in [-0.3, -0.25) is 0 Å². The Morgan fingerprint density at radius 2 is 1.80 bits per heavy atom. The molecule has 0 radical (unpaired) electrons. The zero-order chi connectivity index (χ0) is 13.4. The number of nitrogens with one attached hydrogen (secondary N) is 1. The Kier molecular flexibility index (Phi) is 2.66. The number of nitrogens with zero attached hydrogens (tertiary/aromatic N) is 1. The van der Waals surface area contributed by atoms with Crippen molar-refractivity contribution in [1.29, 1.82) is 0 Å². The predicted molar refractivity (Wildman–Crippen MR) is 79.4 cm³/mol. The Morgan fingerprint density at radius 3 is 2.75 bits per heavy atom. The van der Waals surface area contributed by atoms with Gasteiger partial charge in [0.05, 0.1) is 11.4 Å². The smallest absolute Gasteiger partial charge is 0.163 e. The summed E-state index contributed by atoms with van der Waals surface area (Å²) in [7, 11) is 0. The van der Waals surface area contributed by atoms with Crippen molar-refractivity contribution in [2.75, 3.05) is 36.5 Å². The monoisotopic (exact) mass is 268 g/mol. The molecular weight excluding hydrogens is 252 g/mol. The highest BCUT2D eigenvalue weighted by atomic mass is 16.6. The van der Waals surface area contributed by atoms with Crippen LogP contribution in [0.15, 0.2) is 42.5 Å². The molecule has 0 spiro atoms. The Hall–Kier alpha value is -2.36. The summed E-state index contributed by atoms with van der Waals surface area (Å²) < 4.78 is 11.3. The van der Waals surface area contributed by atoms with Crippen molar-refractivity contribution in [3.8, 4) is 11.5 Å². The lowest BCUT2D eigenvalue weighted by Crippen LogP contribution is -2.30. The molecule has 0 saturated carbocycles. The van der Waals surface area contributed by atoms with Gasteiger partial charge in [0.1, 0.15) is 13.2 Å². The van der Waals surface area contributed by atoms with Gasteiger partial charge in [-0.05, 0) is 24.3 Å². The summed E-state index contributed by atoms with van der Waals surface area (Å²) >= 11 is 0. The van der Waals surface area contributed by atoms with Crippen molar-refractivity contribution in [2.24, 2.45) is 0 Å². The van der Waals surface area contributed by atoms with E-state index in [1.807, 2.05) is 6.07 Å². The Labute approximate surface area is 117 Å². The molecule has 2 aromatic rings. The zero-order valence-corrected chi connectivity index (χ0v) is 11.1. The first-order valence-electron chi connectivity index (χ1n) is 6.92. The molecule has 20 heavy (non-hydrogen) atoms. The van der Waals surface area contributed by atoms with E-state index in [0.29, 0.717) is 13.2 Å². The first-order chi connectivity index (χ1) is 9.92. The van der Waals surface area contributed by atoms with Crippen LogP contribution in [0.2, 0.25) is 0 Å². The van der Waals surface area contributed by atoms with Crippen LogP contribution in [0, 0.1) is 0 Å². The molecular formula is C16H16N2O2. The van der Waals surface area contributed by atoms with Gasteiger partial charge in [-0.25, -0.2) is 0 Å². The van der Waals surface area contributed by atoms with E-state index in [1.54, 1.807) is 0 Å². The Balaban J connectivity index is 1.75. The second kappa shape index (κ2) is 4.63. The summed E-state index contributed by atoms with van der Waals surface area (Å²) in [4.78, 5) is 2.31. The van der Waals surface area contributed by atoms with Crippen LogP contribution in [0.3, 0.4) is 0 Å². The van der Waals surface area contributed by atoms with E-state index in [-0.39, 0.29) is 0 Å². The van der Waals surface area contributed by atoms with Gasteiger partial charge in [0.15, 0.2) is 11.5 Å². The van der Waals surface area contributed by atoms with E-state index in [4.69, 9.17) is 9.47 Å². The van der Waals surface area contributed by atoms with Crippen LogP contribution in [-0.4, -0.2) is 26.3 Å². The maximum atomic E-state index is 5.68. The van der Waals surface area contributed by atoms with Gasteiger partial charge in [0, 0.05) is 24.8 Å². The molecule has 2 heterocycles. The lowest BCUT2D eigenvalue weighted by molar-refractivity contribution is 0.171. The number of benzene rings is 2. The van der Waals surface area contributed by atoms with E-state index in [1.165, 1.54) is 11.4 Å². The van der Waals surface area contributed by atoms with Crippen LogP contribution in [0.4, 0.5) is 17.1 Å². The molecule has 0 amide bonds. The van der Waals surface area contributed by atoms with Gasteiger partial charge in [-0.2, -0.15) is 0 Å². The van der Waals surface area contributed by atoms with E-state index < -0.39 is 0 Å². The Morgan fingerprint density at radius 1 is 0.950 bits per heavy atom. The highest BCUT2D eigenvalue weighted by Crippen LogP contribution is 2.39. The first-order valence-corrected chi connectivity index (χ1v) is 6.92. The minimum Gasteiger partial charge on any atom is -0.486 e. The lowest BCUT2D eigenvalue weighted by atomic mass is 10.1. The van der Waals surface area contributed by atoms with Crippen molar-refractivity contribution < 1.29 is 9.47 Å². The highest BCUT2D eigenvalue weighted by Gasteiger charge is 2.20. The lowest BCUT2D eigenvalue weighted by Gasteiger charge is -2.32. The number of anilines is 3. The number of hydrogen-bond donors (Lipinski definition) is 1. The second-order valence-corrected chi connectivity index (χ2v) is 4.92. The molecule has 4 heteroatoms. The van der Waals surface area contributed by atoms with E-state index >= 15 is 0 Å². The molecule has 4 rings (SSSR count). The van der Waals surface area contributed by atoms with Gasteiger partial charge in [0.2, 0.25) is 0 Å². The fourth-order valence-corrected chi connectivity index (χ4v) is 2.75. The quantitative estimate of drug-likeness (QED) is 0.862. The standard InChI is InChI=1S/C16H16N2O2/c1-2-4-14-13(3-1)17-7-8-18(14)12-5-6-15-16(11-12)20-10-9-19-15/h1-6,11,17H,7-10H2. The number of ether oxygens (including phenoxy) is 2. The third-order valence-electron chi connectivity index (χ3n) is 3.68. The van der Waals surface area contributed by atoms with Crippen LogP contribution in [-0.2, 0) is 0 Å². The van der Waals surface area contributed by atoms with Crippen LogP contribution in [0.1, 0.15) is 0 Å². The Bertz CT molecular complexity index is 642. The third-order valence-corrected chi connectivity index (χ3v) is 3.68. The summed E-state index contributed by atoms with van der Waals surface area (Å²) in [6.07, 6.45) is 0. The molecule has 0 aromatic heterocycles. The van der Waals surface area contributed by atoms with E-state index in [9.17, 15) is 0 Å². The van der Waals surface area contributed by atoms with Crippen LogP contribution in [0.5, 0.6) is 11.5 Å². The topological polar surface area (TPSA) is 33.7 Å². The minimum absolute atomic E-state index is 0.620. The highest BCUT2D eigenvalue weighted by molar-refractivity contribution is 5.79. The van der Waals surface area contributed by atoms with Gasteiger partial charge in [0.25, 0.3) is 0 Å². The fourth-order valence-electron chi connectivity index (χ4n) is 2.75. The number of hydrogen-bond acceptors (Lipinski definition) is 4.